The lowest BCUT2D eigenvalue weighted by molar-refractivity contribution is -0.144. The van der Waals surface area contributed by atoms with Crippen LogP contribution in [-0.2, 0) is 28.9 Å². The van der Waals surface area contributed by atoms with E-state index >= 15 is 0 Å². The molecular formula is C42H50N10O5. The lowest BCUT2D eigenvalue weighted by atomic mass is 9.81. The monoisotopic (exact) mass is 774 g/mol. The molecule has 0 spiro atoms. The van der Waals surface area contributed by atoms with E-state index in [9.17, 15) is 19.8 Å². The molecule has 57 heavy (non-hydrogen) atoms. The Labute approximate surface area is 331 Å². The molecule has 0 saturated carbocycles. The molecule has 15 nitrogen and oxygen atoms in total. The molecule has 0 saturated heterocycles. The van der Waals surface area contributed by atoms with Crippen molar-refractivity contribution in [1.82, 2.24) is 46.2 Å². The number of carboxylic acid groups (broad SMARTS) is 2. The molecule has 0 aliphatic rings. The zero-order chi connectivity index (χ0) is 40.6. The first-order valence-electron chi connectivity index (χ1n) is 19.1. The minimum Gasteiger partial charge on any atom is -0.481 e. The van der Waals surface area contributed by atoms with E-state index in [0.29, 0.717) is 55.5 Å². The number of carbonyl (C=O) groups is 2. The van der Waals surface area contributed by atoms with Gasteiger partial charge < -0.3 is 20.7 Å². The third kappa shape index (κ3) is 12.1. The van der Waals surface area contributed by atoms with Gasteiger partial charge in [-0.2, -0.15) is 10.4 Å². The van der Waals surface area contributed by atoms with Crippen LogP contribution in [0.5, 0.6) is 11.6 Å². The van der Waals surface area contributed by atoms with Gasteiger partial charge in [-0.25, -0.2) is 4.98 Å². The summed E-state index contributed by atoms with van der Waals surface area (Å²) < 4.78 is 5.81. The molecule has 0 fully saturated rings. The Morgan fingerprint density at radius 1 is 0.754 bits per heavy atom. The Balaban J connectivity index is 0.000000221. The fourth-order valence-corrected chi connectivity index (χ4v) is 6.93. The molecule has 3 aromatic heterocycles. The minimum atomic E-state index is -0.866. The molecule has 4 atom stereocenters. The van der Waals surface area contributed by atoms with Gasteiger partial charge in [-0.3, -0.25) is 9.59 Å². The summed E-state index contributed by atoms with van der Waals surface area (Å²) in [5, 5.41) is 48.0. The van der Waals surface area contributed by atoms with E-state index < -0.39 is 29.7 Å². The van der Waals surface area contributed by atoms with E-state index in [2.05, 4.69) is 64.4 Å². The third-order valence-corrected chi connectivity index (χ3v) is 9.69. The Kier molecular flexibility index (Phi) is 15.5. The fourth-order valence-electron chi connectivity index (χ4n) is 6.93. The van der Waals surface area contributed by atoms with Gasteiger partial charge in [0.1, 0.15) is 5.75 Å². The van der Waals surface area contributed by atoms with Crippen LogP contribution < -0.4 is 10.5 Å². The first-order chi connectivity index (χ1) is 27.7. The highest BCUT2D eigenvalue weighted by Gasteiger charge is 2.34. The van der Waals surface area contributed by atoms with Crippen LogP contribution in [0.4, 0.5) is 0 Å². The summed E-state index contributed by atoms with van der Waals surface area (Å²) in [5.41, 5.74) is 10.9. The topological polar surface area (TPSA) is 232 Å². The molecule has 0 aliphatic carbocycles. The molecule has 0 unspecified atom stereocenters. The van der Waals surface area contributed by atoms with E-state index in [0.717, 1.165) is 40.7 Å². The summed E-state index contributed by atoms with van der Waals surface area (Å²) in [6.45, 7) is 6.59. The largest absolute Gasteiger partial charge is 0.481 e. The smallest absolute Gasteiger partial charge is 0.307 e. The Morgan fingerprint density at radius 2 is 1.37 bits per heavy atom. The second kappa shape index (κ2) is 21.1. The second-order valence-electron chi connectivity index (χ2n) is 14.3. The van der Waals surface area contributed by atoms with Gasteiger partial charge in [-0.15, -0.1) is 20.4 Å². The number of aromatic nitrogens is 9. The van der Waals surface area contributed by atoms with Crippen molar-refractivity contribution in [3.05, 3.63) is 126 Å². The van der Waals surface area contributed by atoms with Gasteiger partial charge in [-0.1, -0.05) is 110 Å². The average molecular weight is 775 g/mol. The number of benzene rings is 3. The molecular weight excluding hydrogens is 725 g/mol. The van der Waals surface area contributed by atoms with Crippen LogP contribution >= 0.6 is 0 Å². The van der Waals surface area contributed by atoms with Gasteiger partial charge in [0.05, 0.1) is 11.8 Å². The van der Waals surface area contributed by atoms with Gasteiger partial charge in [0.15, 0.2) is 11.6 Å². The number of nitrogens with one attached hydrogen (secondary N) is 2. The van der Waals surface area contributed by atoms with Crippen molar-refractivity contribution in [3.63, 3.8) is 0 Å². The lowest BCUT2D eigenvalue weighted by Gasteiger charge is -2.23. The maximum absolute atomic E-state index is 12.0. The number of nitrogens with two attached hydrogens (primary N) is 1. The van der Waals surface area contributed by atoms with Gasteiger partial charge in [0, 0.05) is 24.1 Å². The van der Waals surface area contributed by atoms with Crippen molar-refractivity contribution in [2.75, 3.05) is 6.54 Å². The van der Waals surface area contributed by atoms with Crippen LogP contribution in [0.3, 0.4) is 0 Å². The number of H-pyrrole nitrogens is 2. The van der Waals surface area contributed by atoms with Gasteiger partial charge in [-0.05, 0) is 84.5 Å². The molecule has 6 rings (SSSR count). The second-order valence-corrected chi connectivity index (χ2v) is 14.3. The Bertz CT molecular complexity index is 2080. The van der Waals surface area contributed by atoms with Crippen molar-refractivity contribution >= 4 is 11.9 Å². The highest BCUT2D eigenvalue weighted by Crippen LogP contribution is 2.34. The van der Waals surface area contributed by atoms with Crippen molar-refractivity contribution in [2.45, 2.75) is 71.1 Å². The van der Waals surface area contributed by atoms with Crippen LogP contribution in [0.2, 0.25) is 0 Å². The minimum absolute atomic E-state index is 0.223. The van der Waals surface area contributed by atoms with E-state index in [1.807, 2.05) is 87.5 Å². The standard InChI is InChI=1S/C22H28N6O3.C20H22N4O2/c1-14(2)11-19(22(29)30)18(21-25-27-28-26-21)12-16-5-8-20(24-13-16)31-17-6-3-15(4-7-17)9-10-23;1-2-8-17(20(25)26)18(19-21-23-24-22-19)13-15-11-6-7-12-16(15)14-9-4-3-5-10-14/h3-8,13-14,18-19H,9-12,23H2,1-2H3,(H,29,30)(H,25,26,27,28);3-7,9-12,17-18H,2,8,13H2,1H3,(H,25,26)(H,21,22,23,24)/t18-,19-;17-,18-/m00/s1. The van der Waals surface area contributed by atoms with Crippen LogP contribution in [0, 0.1) is 17.8 Å². The van der Waals surface area contributed by atoms with E-state index in [4.69, 9.17) is 10.5 Å². The Hall–Kier alpha value is -6.35. The van der Waals surface area contributed by atoms with Gasteiger partial charge in [0.25, 0.3) is 0 Å². The number of nitrogens with zero attached hydrogens (tertiary/aromatic N) is 7. The predicted octanol–water partition coefficient (Wildman–Crippen LogP) is 6.66. The number of hydrogen-bond donors (Lipinski definition) is 5. The molecule has 298 valence electrons. The summed E-state index contributed by atoms with van der Waals surface area (Å²) in [5.74, 6) is -1.40. The average Bonchev–Trinajstić information content (AvgIpc) is 3.96. The number of tetrazole rings is 2. The third-order valence-electron chi connectivity index (χ3n) is 9.69. The highest BCUT2D eigenvalue weighted by molar-refractivity contribution is 5.72. The highest BCUT2D eigenvalue weighted by atomic mass is 16.5. The molecule has 6 N–H and O–H groups in total. The normalized spacial score (nSPS) is 13.2. The zero-order valence-corrected chi connectivity index (χ0v) is 32.4. The maximum atomic E-state index is 12.0. The summed E-state index contributed by atoms with van der Waals surface area (Å²) >= 11 is 0. The zero-order valence-electron chi connectivity index (χ0n) is 32.4. The molecule has 6 aromatic rings. The molecule has 0 aliphatic heterocycles. The van der Waals surface area contributed by atoms with Crippen LogP contribution in [0.15, 0.2) is 97.2 Å². The fraction of sp³-hybridized carbons (Fsp3) is 0.357. The summed E-state index contributed by atoms with van der Waals surface area (Å²) in [6.07, 6.45) is 5.37. The summed E-state index contributed by atoms with van der Waals surface area (Å²) in [7, 11) is 0. The summed E-state index contributed by atoms with van der Waals surface area (Å²) in [4.78, 5) is 28.2. The SMILES string of the molecule is CC(C)C[C@H](C(=O)O)[C@H](Cc1ccc(Oc2ccc(CCN)cc2)nc1)c1nn[nH]n1.CCC[C@H](C(=O)O)[C@H](Cc1ccccc1-c1ccccc1)c1nn[nH]n1. The van der Waals surface area contributed by atoms with E-state index in [-0.39, 0.29) is 11.8 Å². The van der Waals surface area contributed by atoms with Gasteiger partial charge in [0.2, 0.25) is 5.88 Å². The van der Waals surface area contributed by atoms with Crippen molar-refractivity contribution in [2.24, 2.45) is 23.5 Å². The predicted molar refractivity (Wildman–Crippen MR) is 213 cm³/mol. The molecule has 3 aromatic carbocycles. The lowest BCUT2D eigenvalue weighted by Crippen LogP contribution is -2.26. The van der Waals surface area contributed by atoms with Crippen molar-refractivity contribution in [3.8, 4) is 22.8 Å². The molecule has 0 amide bonds. The number of aliphatic carboxylic acids is 2. The van der Waals surface area contributed by atoms with Gasteiger partial charge >= 0.3 is 11.9 Å². The van der Waals surface area contributed by atoms with Crippen LogP contribution in [0.1, 0.15) is 80.2 Å². The molecule has 0 radical (unpaired) electrons. The first-order valence-corrected chi connectivity index (χ1v) is 19.1. The number of ether oxygens (including phenoxy) is 1. The molecule has 15 heteroatoms. The number of rotatable bonds is 19. The van der Waals surface area contributed by atoms with Crippen molar-refractivity contribution < 1.29 is 24.5 Å². The van der Waals surface area contributed by atoms with Crippen LogP contribution in [0.25, 0.3) is 11.1 Å². The number of hydrogen-bond acceptors (Lipinski definition) is 11. The first kappa shape index (κ1) is 41.8. The molecule has 3 heterocycles. The number of carboxylic acids is 2. The van der Waals surface area contributed by atoms with E-state index in [1.165, 1.54) is 0 Å². The van der Waals surface area contributed by atoms with Crippen LogP contribution in [-0.4, -0.2) is 74.9 Å². The summed E-state index contributed by atoms with van der Waals surface area (Å²) in [6, 6.07) is 29.6. The van der Waals surface area contributed by atoms with E-state index in [1.54, 1.807) is 12.3 Å². The quantitative estimate of drug-likeness (QED) is 0.0580. The maximum Gasteiger partial charge on any atom is 0.307 e. The Morgan fingerprint density at radius 3 is 1.91 bits per heavy atom. The molecule has 0 bridgehead atoms. The van der Waals surface area contributed by atoms with Crippen molar-refractivity contribution in [1.29, 1.82) is 0 Å². The number of pyridine rings is 1. The number of aromatic amines is 2.